The molecule has 0 amide bonds. The fourth-order valence-electron chi connectivity index (χ4n) is 2.80. The van der Waals surface area contributed by atoms with Gasteiger partial charge in [-0.15, -0.1) is 4.33 Å². The smallest absolute Gasteiger partial charge is 0.335 e. The summed E-state index contributed by atoms with van der Waals surface area (Å²) in [5, 5.41) is 9.81. The standard InChI is InChI=1S/C21H16N4O4S/c1-13-4-2-10-22-18(13)17-12-15-5-3-11-23-19(15)20(24-17)25-28-29-30-16-8-6-14(7-9-16)21(26)27/h2-12H,1H3,(H,24,25)(H,26,27). The van der Waals surface area contributed by atoms with Crippen molar-refractivity contribution in [1.29, 1.82) is 0 Å². The molecule has 0 atom stereocenters. The Balaban J connectivity index is 1.50. The highest BCUT2D eigenvalue weighted by atomic mass is 32.2. The first-order valence-electron chi connectivity index (χ1n) is 8.89. The molecule has 0 saturated carbocycles. The van der Waals surface area contributed by atoms with Crippen LogP contribution in [0.4, 0.5) is 5.82 Å². The van der Waals surface area contributed by atoms with E-state index in [1.54, 1.807) is 24.5 Å². The molecule has 0 aliphatic heterocycles. The topological polar surface area (TPSA) is 106 Å². The van der Waals surface area contributed by atoms with Crippen LogP contribution in [0.2, 0.25) is 0 Å². The number of rotatable bonds is 7. The zero-order valence-corrected chi connectivity index (χ0v) is 16.6. The van der Waals surface area contributed by atoms with Crippen molar-refractivity contribution in [3.05, 3.63) is 78.1 Å². The average molecular weight is 420 g/mol. The van der Waals surface area contributed by atoms with Gasteiger partial charge in [0.25, 0.3) is 0 Å². The van der Waals surface area contributed by atoms with Gasteiger partial charge in [-0.3, -0.25) is 9.97 Å². The second-order valence-corrected chi connectivity index (χ2v) is 7.04. The Hall–Kier alpha value is -3.53. The number of aryl methyl sites for hydroxylation is 1. The summed E-state index contributed by atoms with van der Waals surface area (Å²) in [6.07, 6.45) is 3.39. The van der Waals surface area contributed by atoms with Gasteiger partial charge in [0.2, 0.25) is 0 Å². The Labute approximate surface area is 176 Å². The molecule has 0 spiro atoms. The normalized spacial score (nSPS) is 10.8. The lowest BCUT2D eigenvalue weighted by atomic mass is 10.1. The number of nitrogens with one attached hydrogen (secondary N) is 1. The number of carbonyl (C=O) groups is 1. The highest BCUT2D eigenvalue weighted by Gasteiger charge is 2.12. The summed E-state index contributed by atoms with van der Waals surface area (Å²) in [7, 11) is 0. The molecular weight excluding hydrogens is 404 g/mol. The van der Waals surface area contributed by atoms with Crippen LogP contribution in [-0.4, -0.2) is 26.0 Å². The fourth-order valence-corrected chi connectivity index (χ4v) is 3.19. The zero-order valence-electron chi connectivity index (χ0n) is 15.8. The third-order valence-corrected chi connectivity index (χ3v) is 4.84. The highest BCUT2D eigenvalue weighted by Crippen LogP contribution is 2.27. The second-order valence-electron chi connectivity index (χ2n) is 6.27. The summed E-state index contributed by atoms with van der Waals surface area (Å²) in [6, 6.07) is 15.7. The number of carboxylic acids is 1. The number of fused-ring (bicyclic) bond motifs is 1. The van der Waals surface area contributed by atoms with E-state index in [0.29, 0.717) is 21.9 Å². The van der Waals surface area contributed by atoms with Crippen LogP contribution in [0.15, 0.2) is 71.9 Å². The highest BCUT2D eigenvalue weighted by molar-refractivity contribution is 7.94. The number of anilines is 1. The van der Waals surface area contributed by atoms with Gasteiger partial charge in [-0.1, -0.05) is 17.1 Å². The molecule has 1 aromatic carbocycles. The van der Waals surface area contributed by atoms with Gasteiger partial charge in [-0.25, -0.2) is 15.3 Å². The SMILES string of the molecule is Cc1cccnc1-c1cc2cccnc2c(NOOSc2ccc(C(=O)O)cc2)n1. The molecule has 0 bridgehead atoms. The summed E-state index contributed by atoms with van der Waals surface area (Å²) in [5.74, 6) is -0.603. The number of aromatic nitrogens is 3. The molecule has 2 N–H and O–H groups in total. The first-order valence-corrected chi connectivity index (χ1v) is 9.63. The molecule has 0 saturated heterocycles. The monoisotopic (exact) mass is 420 g/mol. The van der Waals surface area contributed by atoms with Crippen molar-refractivity contribution >= 4 is 34.7 Å². The van der Waals surface area contributed by atoms with Crippen molar-refractivity contribution in [1.82, 2.24) is 15.0 Å². The summed E-state index contributed by atoms with van der Waals surface area (Å²) < 4.78 is 5.12. The van der Waals surface area contributed by atoms with Gasteiger partial charge >= 0.3 is 5.97 Å². The molecule has 4 rings (SSSR count). The van der Waals surface area contributed by atoms with Gasteiger partial charge in [-0.2, -0.15) is 0 Å². The summed E-state index contributed by atoms with van der Waals surface area (Å²) in [5.41, 5.74) is 5.93. The maximum atomic E-state index is 10.9. The molecule has 0 unspecified atom stereocenters. The first-order chi connectivity index (χ1) is 14.6. The van der Waals surface area contributed by atoms with Crippen molar-refractivity contribution in [3.63, 3.8) is 0 Å². The summed E-state index contributed by atoms with van der Waals surface area (Å²) in [6.45, 7) is 1.97. The number of aromatic carboxylic acids is 1. The van der Waals surface area contributed by atoms with Crippen LogP contribution < -0.4 is 5.48 Å². The minimum atomic E-state index is -0.987. The van der Waals surface area contributed by atoms with Crippen molar-refractivity contribution in [2.75, 3.05) is 5.48 Å². The van der Waals surface area contributed by atoms with Gasteiger partial charge in [0.05, 0.1) is 29.0 Å². The number of hydrogen-bond acceptors (Lipinski definition) is 8. The van der Waals surface area contributed by atoms with E-state index in [4.69, 9.17) is 14.4 Å². The number of pyridine rings is 3. The molecule has 4 aromatic rings. The van der Waals surface area contributed by atoms with Crippen LogP contribution in [0.1, 0.15) is 15.9 Å². The van der Waals surface area contributed by atoms with Gasteiger partial charge in [0.1, 0.15) is 5.52 Å². The molecule has 9 heteroatoms. The van der Waals surface area contributed by atoms with Crippen molar-refractivity contribution in [3.8, 4) is 11.4 Å². The number of hydrogen-bond donors (Lipinski definition) is 2. The van der Waals surface area contributed by atoms with Gasteiger partial charge in [-0.05, 0) is 55.0 Å². The lowest BCUT2D eigenvalue weighted by Crippen LogP contribution is -2.04. The molecular formula is C21H16N4O4S. The predicted molar refractivity (Wildman–Crippen MR) is 113 cm³/mol. The minimum absolute atomic E-state index is 0.196. The lowest BCUT2D eigenvalue weighted by Gasteiger charge is -2.10. The fraction of sp³-hybridized carbons (Fsp3) is 0.0476. The van der Waals surface area contributed by atoms with E-state index in [2.05, 4.69) is 20.4 Å². The molecule has 3 heterocycles. The maximum absolute atomic E-state index is 10.9. The van der Waals surface area contributed by atoms with Crippen LogP contribution in [0.5, 0.6) is 0 Å². The van der Waals surface area contributed by atoms with Gasteiger partial charge in [0.15, 0.2) is 5.82 Å². The average Bonchev–Trinajstić information content (AvgIpc) is 2.77. The molecule has 0 aliphatic rings. The third kappa shape index (κ3) is 4.38. The molecule has 0 aliphatic carbocycles. The Morgan fingerprint density at radius 3 is 2.60 bits per heavy atom. The Morgan fingerprint density at radius 2 is 1.83 bits per heavy atom. The van der Waals surface area contributed by atoms with Crippen molar-refractivity contribution in [2.24, 2.45) is 0 Å². The van der Waals surface area contributed by atoms with Crippen LogP contribution in [0.3, 0.4) is 0 Å². The quantitative estimate of drug-likeness (QED) is 0.191. The van der Waals surface area contributed by atoms with E-state index in [-0.39, 0.29) is 5.56 Å². The van der Waals surface area contributed by atoms with Crippen LogP contribution >= 0.6 is 12.0 Å². The van der Waals surface area contributed by atoms with E-state index in [1.807, 2.05) is 37.3 Å². The lowest BCUT2D eigenvalue weighted by molar-refractivity contribution is -0.161. The molecule has 30 heavy (non-hydrogen) atoms. The van der Waals surface area contributed by atoms with Gasteiger partial charge < -0.3 is 5.11 Å². The Kier molecular flexibility index (Phi) is 5.84. The van der Waals surface area contributed by atoms with Gasteiger partial charge in [0, 0.05) is 22.7 Å². The maximum Gasteiger partial charge on any atom is 0.335 e. The minimum Gasteiger partial charge on any atom is -0.478 e. The van der Waals surface area contributed by atoms with E-state index >= 15 is 0 Å². The largest absolute Gasteiger partial charge is 0.478 e. The van der Waals surface area contributed by atoms with E-state index in [9.17, 15) is 4.79 Å². The van der Waals surface area contributed by atoms with Crippen molar-refractivity contribution < 1.29 is 19.2 Å². The molecule has 150 valence electrons. The number of benzene rings is 1. The van der Waals surface area contributed by atoms with E-state index in [1.165, 1.54) is 12.1 Å². The molecule has 3 aromatic heterocycles. The molecule has 0 fully saturated rings. The summed E-state index contributed by atoms with van der Waals surface area (Å²) in [4.78, 5) is 30.1. The zero-order chi connectivity index (χ0) is 20.9. The molecule has 8 nitrogen and oxygen atoms in total. The first kappa shape index (κ1) is 19.8. The molecule has 0 radical (unpaired) electrons. The van der Waals surface area contributed by atoms with Crippen LogP contribution in [0, 0.1) is 6.92 Å². The Bertz CT molecular complexity index is 1200. The van der Waals surface area contributed by atoms with E-state index in [0.717, 1.165) is 28.7 Å². The number of nitrogens with zero attached hydrogens (tertiary/aromatic N) is 3. The summed E-state index contributed by atoms with van der Waals surface area (Å²) >= 11 is 0.930. The number of carboxylic acid groups (broad SMARTS) is 1. The van der Waals surface area contributed by atoms with Crippen molar-refractivity contribution in [2.45, 2.75) is 11.8 Å². The predicted octanol–water partition coefficient (Wildman–Crippen LogP) is 4.68. The second kappa shape index (κ2) is 8.87. The van der Waals surface area contributed by atoms with Crippen LogP contribution in [-0.2, 0) is 9.32 Å². The van der Waals surface area contributed by atoms with Crippen LogP contribution in [0.25, 0.3) is 22.3 Å². The third-order valence-electron chi connectivity index (χ3n) is 4.24. The van der Waals surface area contributed by atoms with E-state index < -0.39 is 5.97 Å². The Morgan fingerprint density at radius 1 is 1.07 bits per heavy atom.